The lowest BCUT2D eigenvalue weighted by Gasteiger charge is -2.14. The van der Waals surface area contributed by atoms with Crippen molar-refractivity contribution >= 4 is 59.0 Å². The van der Waals surface area contributed by atoms with Gasteiger partial charge in [-0.3, -0.25) is 0 Å². The maximum Gasteiger partial charge on any atom is 0.294 e. The number of imidazole rings is 1. The van der Waals surface area contributed by atoms with Crippen LogP contribution in [0.2, 0.25) is 0 Å². The number of rotatable bonds is 5. The highest BCUT2D eigenvalue weighted by Gasteiger charge is 2.29. The van der Waals surface area contributed by atoms with Crippen LogP contribution < -0.4 is 4.57 Å². The second-order valence-corrected chi connectivity index (χ2v) is 11.3. The number of nitrogens with zero attached hydrogens (tertiary/aromatic N) is 2. The van der Waals surface area contributed by atoms with Crippen molar-refractivity contribution in [3.8, 4) is 11.4 Å². The summed E-state index contributed by atoms with van der Waals surface area (Å²) in [5.41, 5.74) is 7.66. The zero-order chi connectivity index (χ0) is 25.8. The summed E-state index contributed by atoms with van der Waals surface area (Å²) in [6.07, 6.45) is 2.98. The third-order valence-electron chi connectivity index (χ3n) is 7.74. The Morgan fingerprint density at radius 3 is 2.49 bits per heavy atom. The summed E-state index contributed by atoms with van der Waals surface area (Å²) < 4.78 is 7.57. The first-order valence-corrected chi connectivity index (χ1v) is 14.0. The van der Waals surface area contributed by atoms with Crippen molar-refractivity contribution < 1.29 is 4.57 Å². The Labute approximate surface area is 222 Å². The number of hydrogen-bond donors (Lipinski definition) is 0. The van der Waals surface area contributed by atoms with E-state index in [1.54, 1.807) is 0 Å². The molecule has 0 radical (unpaired) electrons. The molecule has 4 aromatic carbocycles. The molecule has 0 aliphatic rings. The standard InChI is InChI=1S/C34H33N2S/c1-7-24(21(3)4)29(8-2)36-31-16-12-11-15-30(31)35(6)34(36)27-20-28-26-18-17-23-13-9-10-14-25(23)33(26)37-32(28)19-22(27)5/h7,9-21H,1,8H2,2-6H3/q+1/b29-24-. The third kappa shape index (κ3) is 3.56. The van der Waals surface area contributed by atoms with E-state index in [0.717, 1.165) is 6.42 Å². The molecule has 0 N–H and O–H groups in total. The van der Waals surface area contributed by atoms with E-state index in [1.807, 2.05) is 11.3 Å². The molecule has 0 saturated heterocycles. The van der Waals surface area contributed by atoms with Crippen molar-refractivity contribution in [2.45, 2.75) is 34.1 Å². The highest BCUT2D eigenvalue weighted by atomic mass is 32.1. The lowest BCUT2D eigenvalue weighted by molar-refractivity contribution is -0.633. The first-order chi connectivity index (χ1) is 17.9. The van der Waals surface area contributed by atoms with Crippen LogP contribution in [0, 0.1) is 12.8 Å². The maximum atomic E-state index is 4.20. The molecule has 0 bridgehead atoms. The number of thiophene rings is 1. The molecule has 0 saturated carbocycles. The van der Waals surface area contributed by atoms with E-state index in [2.05, 4.69) is 129 Å². The predicted octanol–water partition coefficient (Wildman–Crippen LogP) is 9.43. The molecule has 184 valence electrons. The van der Waals surface area contributed by atoms with Gasteiger partial charge in [-0.1, -0.05) is 82.0 Å². The Kier molecular flexibility index (Phi) is 5.77. The van der Waals surface area contributed by atoms with Crippen LogP contribution in [0.15, 0.2) is 91.0 Å². The van der Waals surface area contributed by atoms with Gasteiger partial charge in [0.15, 0.2) is 11.0 Å². The number of fused-ring (bicyclic) bond motifs is 6. The van der Waals surface area contributed by atoms with E-state index in [9.17, 15) is 0 Å². The van der Waals surface area contributed by atoms with Crippen molar-refractivity contribution in [1.82, 2.24) is 4.57 Å². The Balaban J connectivity index is 1.73. The highest BCUT2D eigenvalue weighted by Crippen LogP contribution is 2.42. The van der Waals surface area contributed by atoms with Gasteiger partial charge in [-0.15, -0.1) is 11.3 Å². The largest absolute Gasteiger partial charge is 0.294 e. The monoisotopic (exact) mass is 501 g/mol. The van der Waals surface area contributed by atoms with Crippen LogP contribution in [0.3, 0.4) is 0 Å². The van der Waals surface area contributed by atoms with Crippen LogP contribution in [0.1, 0.15) is 32.8 Å². The molecule has 6 rings (SSSR count). The third-order valence-corrected chi connectivity index (χ3v) is 8.94. The summed E-state index contributed by atoms with van der Waals surface area (Å²) in [4.78, 5) is 0. The smallest absolute Gasteiger partial charge is 0.225 e. The minimum atomic E-state index is 0.393. The maximum absolute atomic E-state index is 4.20. The van der Waals surface area contributed by atoms with Crippen LogP contribution in [0.25, 0.3) is 59.1 Å². The summed E-state index contributed by atoms with van der Waals surface area (Å²) >= 11 is 1.91. The van der Waals surface area contributed by atoms with Gasteiger partial charge in [0.05, 0.1) is 12.6 Å². The predicted molar refractivity (Wildman–Crippen MR) is 162 cm³/mol. The van der Waals surface area contributed by atoms with E-state index < -0.39 is 0 Å². The lowest BCUT2D eigenvalue weighted by atomic mass is 9.98. The average molecular weight is 502 g/mol. The van der Waals surface area contributed by atoms with Gasteiger partial charge in [0.2, 0.25) is 0 Å². The first-order valence-electron chi connectivity index (χ1n) is 13.1. The molecule has 37 heavy (non-hydrogen) atoms. The van der Waals surface area contributed by atoms with Gasteiger partial charge < -0.3 is 0 Å². The van der Waals surface area contributed by atoms with E-state index in [1.165, 1.54) is 70.2 Å². The van der Waals surface area contributed by atoms with Gasteiger partial charge in [0.25, 0.3) is 5.82 Å². The fourth-order valence-corrected chi connectivity index (χ4v) is 7.28. The number of aryl methyl sites for hydroxylation is 2. The van der Waals surface area contributed by atoms with E-state index in [-0.39, 0.29) is 0 Å². The van der Waals surface area contributed by atoms with Gasteiger partial charge in [0, 0.05) is 26.6 Å². The van der Waals surface area contributed by atoms with E-state index in [0.29, 0.717) is 5.92 Å². The van der Waals surface area contributed by atoms with Gasteiger partial charge in [-0.25, -0.2) is 4.57 Å². The van der Waals surface area contributed by atoms with E-state index >= 15 is 0 Å². The minimum Gasteiger partial charge on any atom is -0.225 e. The number of aromatic nitrogens is 2. The Morgan fingerprint density at radius 2 is 1.73 bits per heavy atom. The molecular weight excluding hydrogens is 468 g/mol. The Hall–Kier alpha value is -3.69. The molecule has 2 heterocycles. The minimum absolute atomic E-state index is 0.393. The molecule has 0 fully saturated rings. The van der Waals surface area contributed by atoms with Crippen molar-refractivity contribution in [3.63, 3.8) is 0 Å². The molecule has 2 aromatic heterocycles. The van der Waals surface area contributed by atoms with Crippen molar-refractivity contribution in [1.29, 1.82) is 0 Å². The SMILES string of the molecule is C=C/C(=C(\CC)n1c(-c2cc3c(cc2C)sc2c4ccccc4ccc32)[n+](C)c2ccccc21)C(C)C. The molecule has 3 heteroatoms. The topological polar surface area (TPSA) is 8.81 Å². The molecule has 0 atom stereocenters. The van der Waals surface area contributed by atoms with Crippen LogP contribution in [-0.4, -0.2) is 4.57 Å². The Morgan fingerprint density at radius 1 is 0.973 bits per heavy atom. The second kappa shape index (κ2) is 9.00. The molecule has 0 amide bonds. The van der Waals surface area contributed by atoms with Crippen LogP contribution in [0.4, 0.5) is 0 Å². The van der Waals surface area contributed by atoms with Gasteiger partial charge in [-0.05, 0) is 59.0 Å². The highest BCUT2D eigenvalue weighted by molar-refractivity contribution is 7.26. The summed E-state index contributed by atoms with van der Waals surface area (Å²) in [5.74, 6) is 1.61. The lowest BCUT2D eigenvalue weighted by Crippen LogP contribution is -2.30. The first kappa shape index (κ1) is 23.7. The van der Waals surface area contributed by atoms with Crippen molar-refractivity contribution in [2.75, 3.05) is 0 Å². The number of para-hydroxylation sites is 2. The number of allylic oxidation sites excluding steroid dienone is 3. The summed E-state index contributed by atoms with van der Waals surface area (Å²) in [6, 6.07) is 26.9. The molecule has 0 aliphatic carbocycles. The number of hydrogen-bond acceptors (Lipinski definition) is 1. The average Bonchev–Trinajstić information content (AvgIpc) is 3.41. The van der Waals surface area contributed by atoms with Crippen molar-refractivity contribution in [3.05, 3.63) is 96.6 Å². The van der Waals surface area contributed by atoms with Gasteiger partial charge >= 0.3 is 0 Å². The summed E-state index contributed by atoms with van der Waals surface area (Å²) in [6.45, 7) is 13.2. The van der Waals surface area contributed by atoms with Gasteiger partial charge in [0.1, 0.15) is 5.70 Å². The molecule has 2 nitrogen and oxygen atoms in total. The normalized spacial score (nSPS) is 12.8. The van der Waals surface area contributed by atoms with Crippen LogP contribution >= 0.6 is 11.3 Å². The molecule has 0 unspecified atom stereocenters. The summed E-state index contributed by atoms with van der Waals surface area (Å²) in [5, 5.41) is 5.31. The summed E-state index contributed by atoms with van der Waals surface area (Å²) in [7, 11) is 2.20. The quantitative estimate of drug-likeness (QED) is 0.164. The molecule has 0 aliphatic heterocycles. The van der Waals surface area contributed by atoms with Crippen molar-refractivity contribution in [2.24, 2.45) is 13.0 Å². The van der Waals surface area contributed by atoms with E-state index in [4.69, 9.17) is 0 Å². The van der Waals surface area contributed by atoms with Crippen LogP contribution in [0.5, 0.6) is 0 Å². The molecular formula is C34H33N2S+. The molecule has 0 spiro atoms. The number of benzene rings is 4. The zero-order valence-electron chi connectivity index (χ0n) is 22.3. The fourth-order valence-electron chi connectivity index (χ4n) is 5.96. The van der Waals surface area contributed by atoms with Crippen LogP contribution in [-0.2, 0) is 7.05 Å². The Bertz CT molecular complexity index is 1880. The zero-order valence-corrected chi connectivity index (χ0v) is 23.1. The second-order valence-electron chi connectivity index (χ2n) is 10.2. The molecule has 6 aromatic rings. The van der Waals surface area contributed by atoms with Gasteiger partial charge in [-0.2, -0.15) is 4.57 Å². The fraction of sp³-hybridized carbons (Fsp3) is 0.206.